The number of aromatic nitrogens is 5. The minimum Gasteiger partial charge on any atom is -0.322 e. The van der Waals surface area contributed by atoms with Crippen LogP contribution in [0.4, 0.5) is 0 Å². The minimum atomic E-state index is -0.212. The van der Waals surface area contributed by atoms with Crippen LogP contribution in [0, 0.1) is 6.92 Å². The van der Waals surface area contributed by atoms with Gasteiger partial charge in [0.25, 0.3) is 5.56 Å². The topological polar surface area (TPSA) is 80.9 Å². The molecule has 1 aromatic carbocycles. The van der Waals surface area contributed by atoms with Crippen molar-refractivity contribution in [1.29, 1.82) is 0 Å². The Balaban J connectivity index is 1.92. The van der Waals surface area contributed by atoms with Gasteiger partial charge in [-0.2, -0.15) is 0 Å². The molecule has 7 heteroatoms. The predicted molar refractivity (Wildman–Crippen MR) is 109 cm³/mol. The van der Waals surface area contributed by atoms with Crippen molar-refractivity contribution in [2.24, 2.45) is 0 Å². The molecule has 4 rings (SSSR count). The van der Waals surface area contributed by atoms with Crippen molar-refractivity contribution in [3.05, 3.63) is 51.6 Å². The number of hydrogen-bond acceptors (Lipinski definition) is 4. The van der Waals surface area contributed by atoms with E-state index < -0.39 is 0 Å². The highest BCUT2D eigenvalue weighted by Crippen LogP contribution is 2.25. The lowest BCUT2D eigenvalue weighted by atomic mass is 9.99. The van der Waals surface area contributed by atoms with Crippen LogP contribution in [0.2, 0.25) is 0 Å². The average molecular weight is 382 g/mol. The SMILES string of the molecule is CCC(C)(C)n1nnnc1[C@H](c1cc2cc(C)ccc2[nH]c1=O)[NH+]1CCCC1. The molecule has 2 aromatic heterocycles. The molecule has 0 amide bonds. The lowest BCUT2D eigenvalue weighted by Crippen LogP contribution is -3.10. The summed E-state index contributed by atoms with van der Waals surface area (Å²) < 4.78 is 1.92. The molecular formula is C21H29N6O+. The van der Waals surface area contributed by atoms with Gasteiger partial charge in [-0.25, -0.2) is 4.68 Å². The Bertz CT molecular complexity index is 1040. The fourth-order valence-electron chi connectivity index (χ4n) is 4.17. The second-order valence-corrected chi connectivity index (χ2v) is 8.56. The molecule has 148 valence electrons. The van der Waals surface area contributed by atoms with Crippen LogP contribution in [-0.4, -0.2) is 38.3 Å². The summed E-state index contributed by atoms with van der Waals surface area (Å²) >= 11 is 0. The van der Waals surface area contributed by atoms with E-state index in [2.05, 4.69) is 54.3 Å². The molecule has 0 unspecified atom stereocenters. The van der Waals surface area contributed by atoms with Gasteiger partial charge < -0.3 is 9.88 Å². The molecule has 1 aliphatic rings. The van der Waals surface area contributed by atoms with E-state index in [0.717, 1.165) is 54.6 Å². The maximum atomic E-state index is 13.1. The number of aromatic amines is 1. The van der Waals surface area contributed by atoms with Gasteiger partial charge in [0.15, 0.2) is 6.04 Å². The first kappa shape index (κ1) is 18.8. The van der Waals surface area contributed by atoms with E-state index in [0.29, 0.717) is 0 Å². The van der Waals surface area contributed by atoms with Crippen LogP contribution in [0.25, 0.3) is 10.9 Å². The van der Waals surface area contributed by atoms with Gasteiger partial charge in [-0.15, -0.1) is 5.10 Å². The molecule has 3 heterocycles. The summed E-state index contributed by atoms with van der Waals surface area (Å²) in [4.78, 5) is 17.5. The molecule has 1 aliphatic heterocycles. The first-order valence-corrected chi connectivity index (χ1v) is 10.2. The fraction of sp³-hybridized carbons (Fsp3) is 0.524. The van der Waals surface area contributed by atoms with Crippen molar-refractivity contribution in [2.75, 3.05) is 13.1 Å². The summed E-state index contributed by atoms with van der Waals surface area (Å²) in [5.41, 5.74) is 2.52. The quantitative estimate of drug-likeness (QED) is 0.705. The summed E-state index contributed by atoms with van der Waals surface area (Å²) in [6.45, 7) is 10.5. The fourth-order valence-corrected chi connectivity index (χ4v) is 4.17. The number of likely N-dealkylation sites (tertiary alicyclic amines) is 1. The number of nitrogens with zero attached hydrogens (tertiary/aromatic N) is 4. The number of tetrazole rings is 1. The highest BCUT2D eigenvalue weighted by atomic mass is 16.1. The summed E-state index contributed by atoms with van der Waals surface area (Å²) in [5, 5.41) is 13.8. The monoisotopic (exact) mass is 381 g/mol. The molecular weight excluding hydrogens is 352 g/mol. The van der Waals surface area contributed by atoms with Crippen molar-refractivity contribution in [3.8, 4) is 0 Å². The zero-order valence-electron chi connectivity index (χ0n) is 17.1. The van der Waals surface area contributed by atoms with Gasteiger partial charge in [0.05, 0.1) is 24.2 Å². The first-order valence-electron chi connectivity index (χ1n) is 10.2. The van der Waals surface area contributed by atoms with Crippen LogP contribution in [-0.2, 0) is 5.54 Å². The Morgan fingerprint density at radius 3 is 2.71 bits per heavy atom. The van der Waals surface area contributed by atoms with Gasteiger partial charge >= 0.3 is 0 Å². The molecule has 1 atom stereocenters. The average Bonchev–Trinajstić information content (AvgIpc) is 3.35. The first-order chi connectivity index (χ1) is 13.4. The smallest absolute Gasteiger partial charge is 0.258 e. The minimum absolute atomic E-state index is 0.0513. The zero-order valence-corrected chi connectivity index (χ0v) is 17.1. The van der Waals surface area contributed by atoms with E-state index in [-0.39, 0.29) is 17.1 Å². The van der Waals surface area contributed by atoms with Crippen LogP contribution < -0.4 is 10.5 Å². The largest absolute Gasteiger partial charge is 0.322 e. The molecule has 1 saturated heterocycles. The maximum absolute atomic E-state index is 13.1. The number of rotatable bonds is 5. The van der Waals surface area contributed by atoms with Gasteiger partial charge in [0.2, 0.25) is 5.82 Å². The lowest BCUT2D eigenvalue weighted by Gasteiger charge is -2.29. The molecule has 7 nitrogen and oxygen atoms in total. The number of pyridine rings is 1. The molecule has 2 N–H and O–H groups in total. The van der Waals surface area contributed by atoms with Gasteiger partial charge in [0, 0.05) is 18.4 Å². The third kappa shape index (κ3) is 3.24. The van der Waals surface area contributed by atoms with Crippen LogP contribution in [0.5, 0.6) is 0 Å². The standard InChI is InChI=1S/C21H28N6O/c1-5-21(3,4)27-19(23-24-25-27)18(26-10-6-7-11-26)16-13-15-12-14(2)8-9-17(15)22-20(16)28/h8-9,12-13,18H,5-7,10-11H2,1-4H3,(H,22,28)/p+1/t18-/m0/s1. The van der Waals surface area contributed by atoms with E-state index in [1.807, 2.05) is 22.9 Å². The van der Waals surface area contributed by atoms with Crippen LogP contribution in [0.15, 0.2) is 29.1 Å². The molecule has 0 bridgehead atoms. The van der Waals surface area contributed by atoms with Gasteiger partial charge in [-0.05, 0) is 61.2 Å². The van der Waals surface area contributed by atoms with Crippen molar-refractivity contribution >= 4 is 10.9 Å². The maximum Gasteiger partial charge on any atom is 0.258 e. The van der Waals surface area contributed by atoms with Crippen LogP contribution in [0.1, 0.15) is 63.0 Å². The number of benzene rings is 1. The number of nitrogens with one attached hydrogen (secondary N) is 2. The highest BCUT2D eigenvalue weighted by Gasteiger charge is 2.38. The lowest BCUT2D eigenvalue weighted by molar-refractivity contribution is -0.914. The van der Waals surface area contributed by atoms with Gasteiger partial charge in [0.1, 0.15) is 0 Å². The van der Waals surface area contributed by atoms with Crippen molar-refractivity contribution in [2.45, 2.75) is 58.5 Å². The molecule has 0 radical (unpaired) electrons. The van der Waals surface area contributed by atoms with E-state index in [4.69, 9.17) is 0 Å². The molecule has 28 heavy (non-hydrogen) atoms. The number of fused-ring (bicyclic) bond motifs is 1. The Morgan fingerprint density at radius 2 is 2.00 bits per heavy atom. The number of quaternary nitrogens is 1. The molecule has 0 saturated carbocycles. The third-order valence-corrected chi connectivity index (χ3v) is 6.18. The van der Waals surface area contributed by atoms with Crippen LogP contribution >= 0.6 is 0 Å². The number of H-pyrrole nitrogens is 1. The Morgan fingerprint density at radius 1 is 1.25 bits per heavy atom. The summed E-state index contributed by atoms with van der Waals surface area (Å²) in [7, 11) is 0. The zero-order chi connectivity index (χ0) is 19.9. The van der Waals surface area contributed by atoms with Crippen molar-refractivity contribution < 1.29 is 4.90 Å². The second kappa shape index (κ2) is 7.13. The summed E-state index contributed by atoms with van der Waals surface area (Å²) in [6.07, 6.45) is 3.23. The normalized spacial score (nSPS) is 16.7. The molecule has 1 fully saturated rings. The van der Waals surface area contributed by atoms with Gasteiger partial charge in [-0.1, -0.05) is 18.6 Å². The predicted octanol–water partition coefficient (Wildman–Crippen LogP) is 1.74. The van der Waals surface area contributed by atoms with E-state index in [9.17, 15) is 4.79 Å². The third-order valence-electron chi connectivity index (χ3n) is 6.18. The van der Waals surface area contributed by atoms with Crippen molar-refractivity contribution in [3.63, 3.8) is 0 Å². The van der Waals surface area contributed by atoms with E-state index in [1.54, 1.807) is 0 Å². The molecule has 0 spiro atoms. The van der Waals surface area contributed by atoms with E-state index >= 15 is 0 Å². The van der Waals surface area contributed by atoms with Crippen molar-refractivity contribution in [1.82, 2.24) is 25.2 Å². The summed E-state index contributed by atoms with van der Waals surface area (Å²) in [6, 6.07) is 7.97. The molecule has 3 aromatic rings. The second-order valence-electron chi connectivity index (χ2n) is 8.56. The Kier molecular flexibility index (Phi) is 4.79. The molecule has 0 aliphatic carbocycles. The Labute approximate surface area is 164 Å². The Hall–Kier alpha value is -2.54. The van der Waals surface area contributed by atoms with E-state index in [1.165, 1.54) is 10.5 Å². The number of hydrogen-bond donors (Lipinski definition) is 2. The van der Waals surface area contributed by atoms with Crippen LogP contribution in [0.3, 0.4) is 0 Å². The highest BCUT2D eigenvalue weighted by molar-refractivity contribution is 5.79. The summed E-state index contributed by atoms with van der Waals surface area (Å²) in [5.74, 6) is 0.779. The number of aryl methyl sites for hydroxylation is 1. The van der Waals surface area contributed by atoms with Gasteiger partial charge in [-0.3, -0.25) is 4.79 Å².